The Morgan fingerprint density at radius 3 is 0.956 bits per heavy atom. The van der Waals surface area contributed by atoms with Gasteiger partial charge in [-0.15, -0.1) is 0 Å². The molecule has 0 rings (SSSR count). The van der Waals surface area contributed by atoms with Gasteiger partial charge in [-0.2, -0.15) is 0 Å². The molecule has 0 aliphatic heterocycles. The highest BCUT2D eigenvalue weighted by Crippen LogP contribution is 2.43. The van der Waals surface area contributed by atoms with Gasteiger partial charge in [-0.1, -0.05) is 329 Å². The summed E-state index contributed by atoms with van der Waals surface area (Å²) >= 11 is 0. The molecule has 0 aromatic rings. The van der Waals surface area contributed by atoms with E-state index in [1.54, 1.807) is 0 Å². The number of carbonyl (C=O) groups excluding carboxylic acids is 2. The summed E-state index contributed by atoms with van der Waals surface area (Å²) in [6, 6.07) is 0. The van der Waals surface area contributed by atoms with Gasteiger partial charge in [0.15, 0.2) is 6.10 Å². The maximum absolute atomic E-state index is 12.9. The van der Waals surface area contributed by atoms with Crippen molar-refractivity contribution >= 4 is 19.8 Å². The number of esters is 2. The number of likely N-dealkylation sites (N-methyl/N-ethyl adjacent to an activating group) is 1. The lowest BCUT2D eigenvalue weighted by atomic mass is 10.0. The second kappa shape index (κ2) is 70.0. The van der Waals surface area contributed by atoms with Crippen LogP contribution in [0.25, 0.3) is 0 Å². The third-order valence-corrected chi connectivity index (χ3v) is 17.3. The van der Waals surface area contributed by atoms with E-state index >= 15 is 0 Å². The van der Waals surface area contributed by atoms with Crippen LogP contribution in [0.15, 0.2) is 109 Å². The topological polar surface area (TPSA) is 108 Å². The van der Waals surface area contributed by atoms with Crippen molar-refractivity contribution in [3.8, 4) is 0 Å². The van der Waals surface area contributed by atoms with Crippen LogP contribution in [0.3, 0.4) is 0 Å². The number of rotatable bonds is 69. The van der Waals surface area contributed by atoms with E-state index < -0.39 is 26.5 Å². The van der Waals surface area contributed by atoms with E-state index in [2.05, 4.69) is 123 Å². The Balaban J connectivity index is 3.99. The molecule has 0 saturated carbocycles. The largest absolute Gasteiger partial charge is 0.472 e. The van der Waals surface area contributed by atoms with Gasteiger partial charge in [0, 0.05) is 12.8 Å². The third kappa shape index (κ3) is 73.7. The molecule has 2 unspecified atom stereocenters. The number of allylic oxidation sites excluding steroid dienone is 18. The highest BCUT2D eigenvalue weighted by Gasteiger charge is 2.27. The number of phosphoric acid groups is 1. The van der Waals surface area contributed by atoms with Crippen LogP contribution in [0.4, 0.5) is 0 Å². The van der Waals surface area contributed by atoms with Gasteiger partial charge >= 0.3 is 19.8 Å². The minimum atomic E-state index is -4.40. The van der Waals surface area contributed by atoms with Crippen LogP contribution in [-0.2, 0) is 32.7 Å². The Kier molecular flexibility index (Phi) is 67.4. The SMILES string of the molecule is CC/C=C\C/C=C\C/C=C\C/C=C\C/C=C\C/C=C\C/C=C\C/C=C\CCCCCCCCCCCCCCCCCCC(=O)OC(COC(=O)CCCCCCCCCCCCCCC/C=C\CCCCCCCCCC)COP(=O)(O)OCC[N+](C)(C)C. The number of unbranched alkanes of at least 4 members (excludes halogenated alkanes) is 37. The number of ether oxygens (including phenoxy) is 2. The fraction of sp³-hybridized carbons (Fsp3) is 0.750. The lowest BCUT2D eigenvalue weighted by Crippen LogP contribution is -2.37. The first-order valence-corrected chi connectivity index (χ1v) is 39.1. The molecule has 0 bridgehead atoms. The predicted octanol–water partition coefficient (Wildman–Crippen LogP) is 24.8. The highest BCUT2D eigenvalue weighted by molar-refractivity contribution is 7.47. The summed E-state index contributed by atoms with van der Waals surface area (Å²) in [4.78, 5) is 35.9. The molecule has 0 aliphatic rings. The number of nitrogens with zero attached hydrogens (tertiary/aromatic N) is 1. The summed E-state index contributed by atoms with van der Waals surface area (Å²) in [7, 11) is 1.48. The molecule has 0 aliphatic carbocycles. The Bertz CT molecular complexity index is 1890. The van der Waals surface area contributed by atoms with Gasteiger partial charge in [0.25, 0.3) is 0 Å². The van der Waals surface area contributed by atoms with Gasteiger partial charge in [0.1, 0.15) is 19.8 Å². The maximum Gasteiger partial charge on any atom is 0.472 e. The molecule has 0 aromatic heterocycles. The average Bonchev–Trinajstić information content (AvgIpc) is 3.62. The number of phosphoric ester groups is 1. The van der Waals surface area contributed by atoms with E-state index in [9.17, 15) is 19.0 Å². The summed E-state index contributed by atoms with van der Waals surface area (Å²) < 4.78 is 34.8. The number of hydrogen-bond acceptors (Lipinski definition) is 7. The molecule has 0 radical (unpaired) electrons. The molecule has 0 amide bonds. The Hall–Kier alpha value is -3.33. The number of quaternary nitrogens is 1. The van der Waals surface area contributed by atoms with Crippen LogP contribution in [0.5, 0.6) is 0 Å². The Morgan fingerprint density at radius 1 is 0.356 bits per heavy atom. The van der Waals surface area contributed by atoms with Crippen LogP contribution < -0.4 is 0 Å². The van der Waals surface area contributed by atoms with Crippen molar-refractivity contribution in [3.63, 3.8) is 0 Å². The maximum atomic E-state index is 12.9. The van der Waals surface area contributed by atoms with Crippen molar-refractivity contribution in [2.45, 2.75) is 341 Å². The second-order valence-corrected chi connectivity index (χ2v) is 27.8. The average molecular weight is 1280 g/mol. The van der Waals surface area contributed by atoms with Crippen LogP contribution in [0, 0.1) is 0 Å². The summed E-state index contributed by atoms with van der Waals surface area (Å²) in [6.45, 7) is 4.36. The molecule has 9 nitrogen and oxygen atoms in total. The van der Waals surface area contributed by atoms with E-state index in [1.165, 1.54) is 212 Å². The standard InChI is InChI=1S/C80H142NO8P/c1-6-8-10-12-14-16-18-20-22-24-26-28-30-32-33-34-35-36-37-38-39-40-41-42-43-44-45-46-47-49-51-53-55-57-59-61-63-65-67-69-71-73-80(83)89-78(77-88-90(84,85)87-75-74-81(3,4)5)76-86-79(82)72-70-68-66-64-62-60-58-56-54-52-50-48-31-29-27-25-23-21-19-17-15-13-11-9-7-2/h8,10,14,16,20,22,25-28,32-33,35-36,38-39,41-42,78H,6-7,9,11-13,15,17-19,21,23-24,29-31,34,37,40,43-77H2,1-5H3/p+1/b10-8-,16-14-,22-20-,27-25-,28-26-,33-32-,36-35-,39-38-,42-41-. The molecule has 1 N–H and O–H groups in total. The van der Waals surface area contributed by atoms with Gasteiger partial charge in [0.2, 0.25) is 0 Å². The second-order valence-electron chi connectivity index (χ2n) is 26.3. The highest BCUT2D eigenvalue weighted by atomic mass is 31.2. The minimum Gasteiger partial charge on any atom is -0.462 e. The first-order valence-electron chi connectivity index (χ1n) is 37.6. The summed E-state index contributed by atoms with van der Waals surface area (Å²) in [5.74, 6) is -0.787. The van der Waals surface area contributed by atoms with Crippen LogP contribution in [-0.4, -0.2) is 74.9 Å². The lowest BCUT2D eigenvalue weighted by Gasteiger charge is -2.24. The summed E-state index contributed by atoms with van der Waals surface area (Å²) in [5.41, 5.74) is 0. The normalized spacial score (nSPS) is 13.7. The van der Waals surface area contributed by atoms with Gasteiger partial charge in [-0.25, -0.2) is 4.57 Å². The van der Waals surface area contributed by atoms with Crippen molar-refractivity contribution < 1.29 is 42.1 Å². The lowest BCUT2D eigenvalue weighted by molar-refractivity contribution is -0.870. The molecule has 0 aromatic carbocycles. The molecule has 10 heteroatoms. The molecule has 0 saturated heterocycles. The first-order chi connectivity index (χ1) is 44.0. The van der Waals surface area contributed by atoms with Crippen molar-refractivity contribution in [1.29, 1.82) is 0 Å². The van der Waals surface area contributed by atoms with Crippen molar-refractivity contribution in [3.05, 3.63) is 109 Å². The van der Waals surface area contributed by atoms with Crippen LogP contribution >= 0.6 is 7.82 Å². The van der Waals surface area contributed by atoms with Crippen LogP contribution in [0.1, 0.15) is 335 Å². The van der Waals surface area contributed by atoms with E-state index in [1.807, 2.05) is 21.1 Å². The van der Waals surface area contributed by atoms with Gasteiger partial charge in [0.05, 0.1) is 27.7 Å². The quantitative estimate of drug-likeness (QED) is 0.0211. The Labute approximate surface area is 556 Å². The van der Waals surface area contributed by atoms with E-state index in [0.717, 1.165) is 89.9 Å². The van der Waals surface area contributed by atoms with Crippen LogP contribution in [0.2, 0.25) is 0 Å². The molecule has 90 heavy (non-hydrogen) atoms. The van der Waals surface area contributed by atoms with E-state index in [-0.39, 0.29) is 32.0 Å². The summed E-state index contributed by atoms with van der Waals surface area (Å²) in [6.07, 6.45) is 99.2. The fourth-order valence-corrected chi connectivity index (χ4v) is 11.3. The van der Waals surface area contributed by atoms with Gasteiger partial charge in [-0.05, 0) is 103 Å². The molecule has 0 fully saturated rings. The monoisotopic (exact) mass is 1280 g/mol. The van der Waals surface area contributed by atoms with E-state index in [0.29, 0.717) is 17.4 Å². The molecular weight excluding hydrogens is 1130 g/mol. The molecule has 0 heterocycles. The zero-order chi connectivity index (χ0) is 65.5. The van der Waals surface area contributed by atoms with Crippen molar-refractivity contribution in [2.24, 2.45) is 0 Å². The number of hydrogen-bond donors (Lipinski definition) is 1. The zero-order valence-electron chi connectivity index (χ0n) is 59.4. The third-order valence-electron chi connectivity index (χ3n) is 16.3. The summed E-state index contributed by atoms with van der Waals surface area (Å²) in [5, 5.41) is 0. The smallest absolute Gasteiger partial charge is 0.462 e. The minimum absolute atomic E-state index is 0.0301. The van der Waals surface area contributed by atoms with Crippen molar-refractivity contribution in [1.82, 2.24) is 0 Å². The zero-order valence-corrected chi connectivity index (χ0v) is 60.2. The molecule has 0 spiro atoms. The Morgan fingerprint density at radius 2 is 0.633 bits per heavy atom. The van der Waals surface area contributed by atoms with Gasteiger partial charge in [-0.3, -0.25) is 18.6 Å². The molecule has 2 atom stereocenters. The molecule has 520 valence electrons. The van der Waals surface area contributed by atoms with Gasteiger partial charge < -0.3 is 18.9 Å². The fourth-order valence-electron chi connectivity index (χ4n) is 10.6. The van der Waals surface area contributed by atoms with Crippen molar-refractivity contribution in [2.75, 3.05) is 47.5 Å². The predicted molar refractivity (Wildman–Crippen MR) is 390 cm³/mol. The number of carbonyl (C=O) groups is 2. The first kappa shape index (κ1) is 86.7. The van der Waals surface area contributed by atoms with E-state index in [4.69, 9.17) is 18.5 Å². The molecular formula is C80H143NO8P+.